The molecule has 5 nitrogen and oxygen atoms in total. The molecule has 0 aliphatic carbocycles. The maximum atomic E-state index is 11.5. The molecule has 18 heavy (non-hydrogen) atoms. The average Bonchev–Trinajstić information content (AvgIpc) is 2.40. The van der Waals surface area contributed by atoms with E-state index in [1.807, 2.05) is 6.92 Å². The first-order valence-electron chi connectivity index (χ1n) is 5.31. The van der Waals surface area contributed by atoms with Gasteiger partial charge < -0.3 is 14.2 Å². The van der Waals surface area contributed by atoms with Crippen LogP contribution in [0.1, 0.15) is 17.3 Å². The van der Waals surface area contributed by atoms with E-state index in [1.54, 1.807) is 24.3 Å². The van der Waals surface area contributed by atoms with E-state index in [0.717, 1.165) is 5.75 Å². The van der Waals surface area contributed by atoms with Gasteiger partial charge in [0, 0.05) is 0 Å². The Morgan fingerprint density at radius 1 is 1.33 bits per heavy atom. The largest absolute Gasteiger partial charge is 0.457 e. The lowest BCUT2D eigenvalue weighted by Crippen LogP contribution is -2.05. The summed E-state index contributed by atoms with van der Waals surface area (Å²) in [6.07, 6.45) is 0. The van der Waals surface area contributed by atoms with Crippen LogP contribution in [0.2, 0.25) is 0 Å². The van der Waals surface area contributed by atoms with Gasteiger partial charge in [-0.3, -0.25) is 4.79 Å². The van der Waals surface area contributed by atoms with Gasteiger partial charge in [-0.2, -0.15) is 0 Å². The fraction of sp³-hybridized carbons (Fsp3) is 0.333. The number of hydrogen-bond acceptors (Lipinski definition) is 6. The van der Waals surface area contributed by atoms with E-state index in [2.05, 4.69) is 4.74 Å². The maximum absolute atomic E-state index is 11.5. The molecular formula is C12H14O5S. The fourth-order valence-electron chi connectivity index (χ4n) is 1.08. The molecule has 0 N–H and O–H groups in total. The molecule has 0 atom stereocenters. The zero-order valence-corrected chi connectivity index (χ0v) is 10.8. The SMILES string of the molecule is CCSCOC(=O)c1ccc(OCOC=O)cc1. The van der Waals surface area contributed by atoms with Crippen molar-refractivity contribution in [1.82, 2.24) is 0 Å². The van der Waals surface area contributed by atoms with Crippen LogP contribution >= 0.6 is 11.8 Å². The number of rotatable bonds is 8. The quantitative estimate of drug-likeness (QED) is 0.312. The molecule has 1 aromatic carbocycles. The Hall–Kier alpha value is -1.69. The van der Waals surface area contributed by atoms with Gasteiger partial charge in [0.15, 0.2) is 0 Å². The summed E-state index contributed by atoms with van der Waals surface area (Å²) in [5.74, 6) is 1.39. The van der Waals surface area contributed by atoms with Gasteiger partial charge in [0.1, 0.15) is 11.7 Å². The summed E-state index contributed by atoms with van der Waals surface area (Å²) in [4.78, 5) is 21.4. The fourth-order valence-corrected chi connectivity index (χ4v) is 1.44. The molecule has 0 saturated carbocycles. The molecule has 0 heterocycles. The van der Waals surface area contributed by atoms with E-state index in [-0.39, 0.29) is 12.8 Å². The van der Waals surface area contributed by atoms with Crippen molar-refractivity contribution in [3.8, 4) is 5.75 Å². The first-order chi connectivity index (χ1) is 8.77. The van der Waals surface area contributed by atoms with Gasteiger partial charge in [0.2, 0.25) is 6.79 Å². The lowest BCUT2D eigenvalue weighted by atomic mass is 10.2. The number of ether oxygens (including phenoxy) is 3. The van der Waals surface area contributed by atoms with Crippen molar-refractivity contribution in [1.29, 1.82) is 0 Å². The van der Waals surface area contributed by atoms with E-state index in [4.69, 9.17) is 9.47 Å². The molecule has 1 rings (SSSR count). The monoisotopic (exact) mass is 270 g/mol. The molecule has 0 aliphatic heterocycles. The molecule has 6 heteroatoms. The summed E-state index contributed by atoms with van der Waals surface area (Å²) < 4.78 is 14.5. The van der Waals surface area contributed by atoms with Gasteiger partial charge in [-0.05, 0) is 30.0 Å². The Balaban J connectivity index is 2.43. The third-order valence-corrected chi connectivity index (χ3v) is 2.62. The molecule has 1 aromatic rings. The average molecular weight is 270 g/mol. The van der Waals surface area contributed by atoms with E-state index < -0.39 is 0 Å². The Kier molecular flexibility index (Phi) is 6.71. The summed E-state index contributed by atoms with van der Waals surface area (Å²) in [6, 6.07) is 6.40. The molecule has 0 amide bonds. The minimum Gasteiger partial charge on any atom is -0.457 e. The molecule has 0 saturated heterocycles. The Bertz CT molecular complexity index is 377. The molecule has 98 valence electrons. The van der Waals surface area contributed by atoms with Crippen LogP contribution < -0.4 is 4.74 Å². The molecule has 0 bridgehead atoms. The summed E-state index contributed by atoms with van der Waals surface area (Å²) in [5, 5.41) is 0. The van der Waals surface area contributed by atoms with Gasteiger partial charge in [0.25, 0.3) is 6.47 Å². The second-order valence-electron chi connectivity index (χ2n) is 3.09. The van der Waals surface area contributed by atoms with Crippen LogP contribution in [-0.2, 0) is 14.3 Å². The smallest absolute Gasteiger partial charge is 0.338 e. The number of benzene rings is 1. The highest BCUT2D eigenvalue weighted by Gasteiger charge is 2.06. The number of esters is 1. The minimum absolute atomic E-state index is 0.152. The van der Waals surface area contributed by atoms with Crippen LogP contribution in [-0.4, -0.2) is 30.9 Å². The molecule has 0 spiro atoms. The van der Waals surface area contributed by atoms with Crippen LogP contribution in [0.4, 0.5) is 0 Å². The topological polar surface area (TPSA) is 61.8 Å². The maximum Gasteiger partial charge on any atom is 0.338 e. The highest BCUT2D eigenvalue weighted by molar-refractivity contribution is 7.99. The van der Waals surface area contributed by atoms with E-state index >= 15 is 0 Å². The number of hydrogen-bond donors (Lipinski definition) is 0. The highest BCUT2D eigenvalue weighted by Crippen LogP contribution is 2.13. The second kappa shape index (κ2) is 8.41. The van der Waals surface area contributed by atoms with Gasteiger partial charge in [0.05, 0.1) is 5.56 Å². The third kappa shape index (κ3) is 5.09. The van der Waals surface area contributed by atoms with Crippen LogP contribution in [0, 0.1) is 0 Å². The molecule has 0 aliphatic rings. The molecule has 0 aromatic heterocycles. The van der Waals surface area contributed by atoms with Crippen molar-refractivity contribution < 1.29 is 23.8 Å². The van der Waals surface area contributed by atoms with Gasteiger partial charge in [-0.1, -0.05) is 6.92 Å². The van der Waals surface area contributed by atoms with Crippen LogP contribution in [0.15, 0.2) is 24.3 Å². The third-order valence-electron chi connectivity index (χ3n) is 1.93. The van der Waals surface area contributed by atoms with E-state index in [1.165, 1.54) is 11.8 Å². The lowest BCUT2D eigenvalue weighted by Gasteiger charge is -2.06. The van der Waals surface area contributed by atoms with E-state index in [0.29, 0.717) is 23.7 Å². The summed E-state index contributed by atoms with van der Waals surface area (Å²) in [6.45, 7) is 2.14. The highest BCUT2D eigenvalue weighted by atomic mass is 32.2. The zero-order valence-electron chi connectivity index (χ0n) is 9.96. The zero-order chi connectivity index (χ0) is 13.2. The second-order valence-corrected chi connectivity index (χ2v) is 4.31. The normalized spacial score (nSPS) is 9.61. The molecule has 0 radical (unpaired) electrons. The molecule has 0 fully saturated rings. The van der Waals surface area contributed by atoms with Crippen molar-refractivity contribution in [3.63, 3.8) is 0 Å². The Labute approximate surface area is 109 Å². The first-order valence-corrected chi connectivity index (χ1v) is 6.46. The Morgan fingerprint density at radius 3 is 2.67 bits per heavy atom. The van der Waals surface area contributed by atoms with Crippen LogP contribution in [0.3, 0.4) is 0 Å². The standard InChI is InChI=1S/C12H14O5S/c1-2-18-9-17-12(14)10-3-5-11(6-4-10)16-8-15-7-13/h3-7H,2,8-9H2,1H3. The molecular weight excluding hydrogens is 256 g/mol. The van der Waals surface area contributed by atoms with Crippen molar-refractivity contribution in [2.45, 2.75) is 6.92 Å². The summed E-state index contributed by atoms with van der Waals surface area (Å²) in [5.41, 5.74) is 0.454. The van der Waals surface area contributed by atoms with Crippen molar-refractivity contribution in [2.24, 2.45) is 0 Å². The van der Waals surface area contributed by atoms with Crippen molar-refractivity contribution >= 4 is 24.2 Å². The van der Waals surface area contributed by atoms with Crippen LogP contribution in [0.25, 0.3) is 0 Å². The van der Waals surface area contributed by atoms with Crippen molar-refractivity contribution in [3.05, 3.63) is 29.8 Å². The lowest BCUT2D eigenvalue weighted by molar-refractivity contribution is -0.134. The number of thioether (sulfide) groups is 1. The van der Waals surface area contributed by atoms with Gasteiger partial charge in [-0.15, -0.1) is 11.8 Å². The Morgan fingerprint density at radius 2 is 2.06 bits per heavy atom. The number of carbonyl (C=O) groups excluding carboxylic acids is 2. The first kappa shape index (κ1) is 14.4. The number of carbonyl (C=O) groups is 2. The van der Waals surface area contributed by atoms with E-state index in [9.17, 15) is 9.59 Å². The van der Waals surface area contributed by atoms with Crippen molar-refractivity contribution in [2.75, 3.05) is 18.5 Å². The minimum atomic E-state index is -0.369. The predicted molar refractivity (Wildman–Crippen MR) is 67.5 cm³/mol. The van der Waals surface area contributed by atoms with Crippen LogP contribution in [0.5, 0.6) is 5.75 Å². The summed E-state index contributed by atoms with van der Waals surface area (Å²) in [7, 11) is 0. The van der Waals surface area contributed by atoms with Gasteiger partial charge >= 0.3 is 5.97 Å². The van der Waals surface area contributed by atoms with Gasteiger partial charge in [-0.25, -0.2) is 4.79 Å². The summed E-state index contributed by atoms with van der Waals surface area (Å²) >= 11 is 1.53. The predicted octanol–water partition coefficient (Wildman–Crippen LogP) is 2.06. The molecule has 0 unspecified atom stereocenters.